The Morgan fingerprint density at radius 3 is 2.32 bits per heavy atom. The summed E-state index contributed by atoms with van der Waals surface area (Å²) in [4.78, 5) is 19.3. The first-order chi connectivity index (χ1) is 10.8. The summed E-state index contributed by atoms with van der Waals surface area (Å²) in [5, 5.41) is 1.41. The summed E-state index contributed by atoms with van der Waals surface area (Å²) in [6.45, 7) is 1.18. The number of amides is 2. The number of hydroxylamine groups is 2. The molecule has 2 amide bonds. The van der Waals surface area contributed by atoms with Crippen molar-refractivity contribution in [2.24, 2.45) is 0 Å². The molecule has 0 spiro atoms. The molecule has 2 heterocycles. The molecule has 0 saturated carbocycles. The van der Waals surface area contributed by atoms with Gasteiger partial charge in [0.2, 0.25) is 6.23 Å². The predicted octanol–water partition coefficient (Wildman–Crippen LogP) is 2.82. The van der Waals surface area contributed by atoms with E-state index in [1.54, 1.807) is 4.90 Å². The monoisotopic (exact) mass is 296 g/mol. The maximum absolute atomic E-state index is 12.2. The van der Waals surface area contributed by atoms with Crippen molar-refractivity contribution >= 4 is 6.03 Å². The van der Waals surface area contributed by atoms with Crippen LogP contribution in [-0.4, -0.2) is 35.2 Å². The average Bonchev–Trinajstić information content (AvgIpc) is 3.32. The lowest BCUT2D eigenvalue weighted by Crippen LogP contribution is -2.57. The molecule has 1 unspecified atom stereocenters. The summed E-state index contributed by atoms with van der Waals surface area (Å²) in [5.74, 6) is 0.838. The van der Waals surface area contributed by atoms with Crippen molar-refractivity contribution < 1.29 is 14.4 Å². The number of urea groups is 1. The normalized spacial score (nSPS) is 20.5. The number of hydrogen-bond acceptors (Lipinski definition) is 3. The number of rotatable bonds is 3. The van der Waals surface area contributed by atoms with E-state index in [1.807, 2.05) is 60.7 Å². The Kier molecular flexibility index (Phi) is 3.20. The molecule has 22 heavy (non-hydrogen) atoms. The second kappa shape index (κ2) is 5.35. The lowest BCUT2D eigenvalue weighted by Gasteiger charge is -2.38. The molecule has 2 fully saturated rings. The molecular weight excluding hydrogens is 280 g/mol. The Labute approximate surface area is 128 Å². The summed E-state index contributed by atoms with van der Waals surface area (Å²) in [7, 11) is 0. The van der Waals surface area contributed by atoms with Crippen molar-refractivity contribution in [2.45, 2.75) is 12.3 Å². The molecule has 0 N–H and O–H groups in total. The summed E-state index contributed by atoms with van der Waals surface area (Å²) in [5.41, 5.74) is 0.994. The second-order valence-corrected chi connectivity index (χ2v) is 5.43. The number of carbonyl (C=O) groups excluding carboxylic acids is 1. The van der Waals surface area contributed by atoms with Crippen molar-refractivity contribution in [1.29, 1.82) is 0 Å². The summed E-state index contributed by atoms with van der Waals surface area (Å²) < 4.78 is 5.79. The van der Waals surface area contributed by atoms with E-state index >= 15 is 0 Å². The van der Waals surface area contributed by atoms with Crippen LogP contribution in [0.5, 0.6) is 5.75 Å². The van der Waals surface area contributed by atoms with Crippen LogP contribution >= 0.6 is 0 Å². The van der Waals surface area contributed by atoms with Crippen LogP contribution < -0.4 is 4.74 Å². The van der Waals surface area contributed by atoms with E-state index in [1.165, 1.54) is 5.06 Å². The van der Waals surface area contributed by atoms with Gasteiger partial charge in [0.15, 0.2) is 0 Å². The van der Waals surface area contributed by atoms with Gasteiger partial charge in [-0.3, -0.25) is 0 Å². The SMILES string of the molecule is O=C(N1CC(Oc2ccccc2)C1)N1OC1c1ccccc1. The Morgan fingerprint density at radius 1 is 1.00 bits per heavy atom. The van der Waals surface area contributed by atoms with Crippen molar-refractivity contribution in [3.63, 3.8) is 0 Å². The van der Waals surface area contributed by atoms with Crippen LogP contribution in [-0.2, 0) is 4.84 Å². The maximum Gasteiger partial charge on any atom is 0.347 e. The molecule has 5 heteroatoms. The highest BCUT2D eigenvalue weighted by molar-refractivity contribution is 5.76. The Bertz CT molecular complexity index is 656. The van der Waals surface area contributed by atoms with Gasteiger partial charge in [0.1, 0.15) is 11.9 Å². The van der Waals surface area contributed by atoms with Gasteiger partial charge >= 0.3 is 6.03 Å². The highest BCUT2D eigenvalue weighted by atomic mass is 16.8. The number of likely N-dealkylation sites (tertiary alicyclic amines) is 1. The van der Waals surface area contributed by atoms with Crippen LogP contribution in [0.4, 0.5) is 4.79 Å². The van der Waals surface area contributed by atoms with Crippen molar-refractivity contribution in [2.75, 3.05) is 13.1 Å². The van der Waals surface area contributed by atoms with Gasteiger partial charge in [0, 0.05) is 5.56 Å². The molecule has 1 atom stereocenters. The van der Waals surface area contributed by atoms with Crippen LogP contribution in [0.3, 0.4) is 0 Å². The van der Waals surface area contributed by atoms with Crippen molar-refractivity contribution in [3.8, 4) is 5.75 Å². The summed E-state index contributed by atoms with van der Waals surface area (Å²) >= 11 is 0. The highest BCUT2D eigenvalue weighted by Crippen LogP contribution is 2.38. The minimum absolute atomic E-state index is 0.0569. The van der Waals surface area contributed by atoms with Gasteiger partial charge in [-0.05, 0) is 12.1 Å². The third-order valence-electron chi connectivity index (χ3n) is 3.82. The minimum atomic E-state index is -0.247. The number of carbonyl (C=O) groups is 1. The molecule has 0 aromatic heterocycles. The number of hydrogen-bond donors (Lipinski definition) is 0. The summed E-state index contributed by atoms with van der Waals surface area (Å²) in [6, 6.07) is 19.3. The molecule has 2 aliphatic rings. The fourth-order valence-corrected chi connectivity index (χ4v) is 2.54. The molecule has 0 bridgehead atoms. The molecular formula is C17H16N2O3. The van der Waals surface area contributed by atoms with E-state index in [9.17, 15) is 4.79 Å². The molecule has 112 valence electrons. The number of benzene rings is 2. The first-order valence-corrected chi connectivity index (χ1v) is 7.33. The van der Waals surface area contributed by atoms with Gasteiger partial charge in [0.25, 0.3) is 0 Å². The molecule has 2 saturated heterocycles. The number of nitrogens with zero attached hydrogens (tertiary/aromatic N) is 2. The van der Waals surface area contributed by atoms with E-state index in [-0.39, 0.29) is 18.4 Å². The first-order valence-electron chi connectivity index (χ1n) is 7.33. The maximum atomic E-state index is 12.2. The van der Waals surface area contributed by atoms with E-state index in [0.29, 0.717) is 13.1 Å². The largest absolute Gasteiger partial charge is 0.487 e. The molecule has 0 radical (unpaired) electrons. The zero-order valence-corrected chi connectivity index (χ0v) is 12.0. The predicted molar refractivity (Wildman–Crippen MR) is 79.9 cm³/mol. The van der Waals surface area contributed by atoms with Gasteiger partial charge in [-0.15, -0.1) is 0 Å². The van der Waals surface area contributed by atoms with Gasteiger partial charge < -0.3 is 9.64 Å². The lowest BCUT2D eigenvalue weighted by molar-refractivity contribution is 0.0285. The molecule has 0 aliphatic carbocycles. The Hall–Kier alpha value is -2.53. The van der Waals surface area contributed by atoms with E-state index in [0.717, 1.165) is 11.3 Å². The van der Waals surface area contributed by atoms with Crippen molar-refractivity contribution in [1.82, 2.24) is 9.96 Å². The third-order valence-corrected chi connectivity index (χ3v) is 3.82. The lowest BCUT2D eigenvalue weighted by atomic mass is 10.2. The van der Waals surface area contributed by atoms with E-state index in [2.05, 4.69) is 0 Å². The topological polar surface area (TPSA) is 45.1 Å². The fourth-order valence-electron chi connectivity index (χ4n) is 2.54. The molecule has 5 nitrogen and oxygen atoms in total. The molecule has 4 rings (SSSR count). The molecule has 2 aromatic carbocycles. The Morgan fingerprint density at radius 2 is 1.64 bits per heavy atom. The molecule has 2 aromatic rings. The standard InChI is InChI=1S/C17H16N2O3/c20-17(19-16(22-19)13-7-3-1-4-8-13)18-11-15(12-18)21-14-9-5-2-6-10-14/h1-10,15-16H,11-12H2. The van der Waals surface area contributed by atoms with Crippen LogP contribution in [0.1, 0.15) is 11.8 Å². The van der Waals surface area contributed by atoms with Gasteiger partial charge in [0.05, 0.1) is 13.1 Å². The fraction of sp³-hybridized carbons (Fsp3) is 0.235. The van der Waals surface area contributed by atoms with Gasteiger partial charge in [-0.25, -0.2) is 9.63 Å². The van der Waals surface area contributed by atoms with E-state index in [4.69, 9.17) is 9.57 Å². The first kappa shape index (κ1) is 13.2. The van der Waals surface area contributed by atoms with Crippen LogP contribution in [0, 0.1) is 0 Å². The third kappa shape index (κ3) is 2.51. The smallest absolute Gasteiger partial charge is 0.347 e. The van der Waals surface area contributed by atoms with Gasteiger partial charge in [-0.2, -0.15) is 5.06 Å². The minimum Gasteiger partial charge on any atom is -0.487 e. The van der Waals surface area contributed by atoms with Crippen LogP contribution in [0.15, 0.2) is 60.7 Å². The quantitative estimate of drug-likeness (QED) is 0.818. The zero-order valence-electron chi connectivity index (χ0n) is 12.0. The zero-order chi connectivity index (χ0) is 14.9. The second-order valence-electron chi connectivity index (χ2n) is 5.43. The van der Waals surface area contributed by atoms with Crippen molar-refractivity contribution in [3.05, 3.63) is 66.2 Å². The van der Waals surface area contributed by atoms with Crippen LogP contribution in [0.2, 0.25) is 0 Å². The molecule has 2 aliphatic heterocycles. The van der Waals surface area contributed by atoms with Crippen LogP contribution in [0.25, 0.3) is 0 Å². The van der Waals surface area contributed by atoms with Gasteiger partial charge in [-0.1, -0.05) is 48.5 Å². The highest BCUT2D eigenvalue weighted by Gasteiger charge is 2.47. The van der Waals surface area contributed by atoms with E-state index < -0.39 is 0 Å². The number of para-hydroxylation sites is 1. The Balaban J connectivity index is 1.28. The summed E-state index contributed by atoms with van der Waals surface area (Å²) in [6.07, 6.45) is -0.190. The average molecular weight is 296 g/mol. The number of ether oxygens (including phenoxy) is 1.